The van der Waals surface area contributed by atoms with Crippen molar-refractivity contribution in [3.8, 4) is 0 Å². The zero-order valence-corrected chi connectivity index (χ0v) is 8.49. The Morgan fingerprint density at radius 3 is 3.00 bits per heavy atom. The molecule has 0 saturated carbocycles. The summed E-state index contributed by atoms with van der Waals surface area (Å²) in [5.74, 6) is 0. The maximum absolute atomic E-state index is 10.3. The van der Waals surface area contributed by atoms with Crippen molar-refractivity contribution < 1.29 is 4.92 Å². The third-order valence-electron chi connectivity index (χ3n) is 2.56. The average Bonchev–Trinajstić information content (AvgIpc) is 2.59. The number of benzene rings is 1. The summed E-state index contributed by atoms with van der Waals surface area (Å²) in [7, 11) is 0. The summed E-state index contributed by atoms with van der Waals surface area (Å²) in [6.45, 7) is 2.01. The molecule has 1 heterocycles. The van der Waals surface area contributed by atoms with E-state index in [4.69, 9.17) is 0 Å². The monoisotopic (exact) mass is 204 g/mol. The van der Waals surface area contributed by atoms with Gasteiger partial charge in [-0.05, 0) is 24.1 Å². The average molecular weight is 204 g/mol. The first-order chi connectivity index (χ1) is 7.18. The van der Waals surface area contributed by atoms with Gasteiger partial charge < -0.3 is 4.98 Å². The molecule has 0 saturated heterocycles. The van der Waals surface area contributed by atoms with Crippen LogP contribution in [0.5, 0.6) is 0 Å². The molecule has 1 N–H and O–H groups in total. The predicted octanol–water partition coefficient (Wildman–Crippen LogP) is 2.30. The van der Waals surface area contributed by atoms with E-state index < -0.39 is 0 Å². The predicted molar refractivity (Wildman–Crippen MR) is 58.6 cm³/mol. The lowest BCUT2D eigenvalue weighted by Crippen LogP contribution is -2.03. The Bertz CT molecular complexity index is 502. The lowest BCUT2D eigenvalue weighted by molar-refractivity contribution is -0.479. The second-order valence-corrected chi connectivity index (χ2v) is 3.62. The summed E-state index contributed by atoms with van der Waals surface area (Å²) in [5, 5.41) is 11.4. The van der Waals surface area contributed by atoms with Gasteiger partial charge in [-0.2, -0.15) is 0 Å². The Morgan fingerprint density at radius 2 is 2.27 bits per heavy atom. The Hall–Kier alpha value is -1.84. The number of rotatable bonds is 3. The number of nitrogens with one attached hydrogen (secondary N) is 1. The molecule has 1 aromatic heterocycles. The molecule has 4 nitrogen and oxygen atoms in total. The van der Waals surface area contributed by atoms with Crippen molar-refractivity contribution in [2.24, 2.45) is 0 Å². The zero-order valence-electron chi connectivity index (χ0n) is 8.49. The lowest BCUT2D eigenvalue weighted by Gasteiger charge is -1.99. The minimum atomic E-state index is -0.281. The largest absolute Gasteiger partial charge is 0.361 e. The molecule has 2 aromatic rings. The number of fused-ring (bicyclic) bond motifs is 1. The van der Waals surface area contributed by atoms with Crippen LogP contribution in [0, 0.1) is 17.0 Å². The number of nitrogens with zero attached hydrogens (tertiary/aromatic N) is 1. The summed E-state index contributed by atoms with van der Waals surface area (Å²) in [6.07, 6.45) is 2.35. The Labute approximate surface area is 87.1 Å². The van der Waals surface area contributed by atoms with Gasteiger partial charge in [0, 0.05) is 28.4 Å². The van der Waals surface area contributed by atoms with Crippen molar-refractivity contribution in [2.75, 3.05) is 6.54 Å². The van der Waals surface area contributed by atoms with E-state index in [1.807, 2.05) is 31.3 Å². The van der Waals surface area contributed by atoms with Crippen LogP contribution in [0.4, 0.5) is 0 Å². The van der Waals surface area contributed by atoms with E-state index >= 15 is 0 Å². The van der Waals surface area contributed by atoms with Crippen molar-refractivity contribution in [1.29, 1.82) is 0 Å². The smallest absolute Gasteiger partial charge is 0.207 e. The molecular weight excluding hydrogens is 192 g/mol. The number of aromatic nitrogens is 1. The highest BCUT2D eigenvalue weighted by Crippen LogP contribution is 2.22. The summed E-state index contributed by atoms with van der Waals surface area (Å²) in [4.78, 5) is 13.2. The Kier molecular flexibility index (Phi) is 2.41. The topological polar surface area (TPSA) is 58.9 Å². The minimum absolute atomic E-state index is 0.0126. The number of H-pyrrole nitrogens is 1. The van der Waals surface area contributed by atoms with E-state index in [1.54, 1.807) is 0 Å². The van der Waals surface area contributed by atoms with Gasteiger partial charge >= 0.3 is 0 Å². The summed E-state index contributed by atoms with van der Waals surface area (Å²) < 4.78 is 0. The highest BCUT2D eigenvalue weighted by Gasteiger charge is 2.08. The van der Waals surface area contributed by atoms with Gasteiger partial charge in [0.25, 0.3) is 0 Å². The van der Waals surface area contributed by atoms with E-state index in [2.05, 4.69) is 4.98 Å². The number of hydrogen-bond donors (Lipinski definition) is 1. The van der Waals surface area contributed by atoms with Crippen molar-refractivity contribution in [3.05, 3.63) is 45.6 Å². The summed E-state index contributed by atoms with van der Waals surface area (Å²) in [6, 6.07) is 5.98. The van der Waals surface area contributed by atoms with Gasteiger partial charge in [-0.15, -0.1) is 0 Å². The summed E-state index contributed by atoms with van der Waals surface area (Å²) in [5.41, 5.74) is 3.24. The fourth-order valence-corrected chi connectivity index (χ4v) is 1.86. The van der Waals surface area contributed by atoms with E-state index in [0.29, 0.717) is 6.42 Å². The van der Waals surface area contributed by atoms with Crippen LogP contribution in [-0.4, -0.2) is 16.5 Å². The zero-order chi connectivity index (χ0) is 10.8. The SMILES string of the molecule is Cc1cccc2[nH]cc(CC[N+](=O)[O-])c12. The first-order valence-electron chi connectivity index (χ1n) is 4.86. The molecule has 1 aromatic carbocycles. The van der Waals surface area contributed by atoms with Gasteiger partial charge in [0.15, 0.2) is 0 Å². The van der Waals surface area contributed by atoms with Crippen LogP contribution in [-0.2, 0) is 6.42 Å². The van der Waals surface area contributed by atoms with Crippen molar-refractivity contribution >= 4 is 10.9 Å². The molecule has 0 unspecified atom stereocenters. The van der Waals surface area contributed by atoms with Crippen LogP contribution in [0.25, 0.3) is 10.9 Å². The maximum Gasteiger partial charge on any atom is 0.207 e. The first kappa shape index (κ1) is 9.71. The third kappa shape index (κ3) is 1.83. The minimum Gasteiger partial charge on any atom is -0.361 e. The molecule has 2 rings (SSSR count). The summed E-state index contributed by atoms with van der Waals surface area (Å²) >= 11 is 0. The Balaban J connectivity index is 2.39. The quantitative estimate of drug-likeness (QED) is 0.616. The van der Waals surface area contributed by atoms with Gasteiger partial charge in [0.2, 0.25) is 6.54 Å². The molecule has 0 amide bonds. The Morgan fingerprint density at radius 1 is 1.47 bits per heavy atom. The second kappa shape index (κ2) is 3.73. The van der Waals surface area contributed by atoms with Gasteiger partial charge in [0.1, 0.15) is 0 Å². The molecule has 4 heteroatoms. The molecule has 0 aliphatic rings. The second-order valence-electron chi connectivity index (χ2n) is 3.62. The molecule has 0 aliphatic heterocycles. The lowest BCUT2D eigenvalue weighted by atomic mass is 10.1. The molecule has 0 atom stereocenters. The fraction of sp³-hybridized carbons (Fsp3) is 0.273. The van der Waals surface area contributed by atoms with E-state index in [0.717, 1.165) is 22.0 Å². The molecular formula is C11H12N2O2. The standard InChI is InChI=1S/C11H12N2O2/c1-8-3-2-4-10-11(8)9(7-12-10)5-6-13(14)15/h2-4,7,12H,5-6H2,1H3. The molecule has 15 heavy (non-hydrogen) atoms. The maximum atomic E-state index is 10.3. The molecule has 78 valence electrons. The first-order valence-corrected chi connectivity index (χ1v) is 4.86. The van der Waals surface area contributed by atoms with E-state index in [-0.39, 0.29) is 11.5 Å². The molecule has 0 fully saturated rings. The number of nitro groups is 1. The third-order valence-corrected chi connectivity index (χ3v) is 2.56. The van der Waals surface area contributed by atoms with Crippen molar-refractivity contribution in [3.63, 3.8) is 0 Å². The van der Waals surface area contributed by atoms with Crippen molar-refractivity contribution in [2.45, 2.75) is 13.3 Å². The highest BCUT2D eigenvalue weighted by molar-refractivity contribution is 5.86. The van der Waals surface area contributed by atoms with Gasteiger partial charge in [-0.25, -0.2) is 0 Å². The van der Waals surface area contributed by atoms with Crippen molar-refractivity contribution in [1.82, 2.24) is 4.98 Å². The molecule has 0 radical (unpaired) electrons. The van der Waals surface area contributed by atoms with Gasteiger partial charge in [0.05, 0.1) is 0 Å². The normalized spacial score (nSPS) is 10.7. The van der Waals surface area contributed by atoms with Crippen LogP contribution < -0.4 is 0 Å². The number of aryl methyl sites for hydroxylation is 1. The van der Waals surface area contributed by atoms with Gasteiger partial charge in [-0.1, -0.05) is 12.1 Å². The molecule has 0 spiro atoms. The number of aromatic amines is 1. The number of hydrogen-bond acceptors (Lipinski definition) is 2. The molecule has 0 bridgehead atoms. The van der Waals surface area contributed by atoms with Crippen LogP contribution in [0.15, 0.2) is 24.4 Å². The van der Waals surface area contributed by atoms with Crippen LogP contribution in [0.1, 0.15) is 11.1 Å². The van der Waals surface area contributed by atoms with E-state index in [1.165, 1.54) is 0 Å². The van der Waals surface area contributed by atoms with Crippen LogP contribution >= 0.6 is 0 Å². The van der Waals surface area contributed by atoms with Crippen LogP contribution in [0.2, 0.25) is 0 Å². The van der Waals surface area contributed by atoms with Gasteiger partial charge in [-0.3, -0.25) is 10.1 Å². The van der Waals surface area contributed by atoms with E-state index in [9.17, 15) is 10.1 Å². The van der Waals surface area contributed by atoms with Crippen LogP contribution in [0.3, 0.4) is 0 Å². The molecule has 0 aliphatic carbocycles. The highest BCUT2D eigenvalue weighted by atomic mass is 16.6. The fourth-order valence-electron chi connectivity index (χ4n) is 1.86.